The Morgan fingerprint density at radius 2 is 1.92 bits per heavy atom. The van der Waals surface area contributed by atoms with Crippen molar-refractivity contribution in [1.82, 2.24) is 20.1 Å². The molecule has 0 fully saturated rings. The molecule has 24 heavy (non-hydrogen) atoms. The van der Waals surface area contributed by atoms with Crippen molar-refractivity contribution in [2.75, 3.05) is 0 Å². The van der Waals surface area contributed by atoms with Crippen LogP contribution in [0.2, 0.25) is 5.02 Å². The van der Waals surface area contributed by atoms with Crippen molar-refractivity contribution in [3.05, 3.63) is 82.6 Å². The first kappa shape index (κ1) is 16.6. The van der Waals surface area contributed by atoms with Crippen LogP contribution in [0.4, 0.5) is 4.39 Å². The maximum Gasteiger partial charge on any atom is 0.137 e. The van der Waals surface area contributed by atoms with Gasteiger partial charge >= 0.3 is 0 Å². The van der Waals surface area contributed by atoms with E-state index in [-0.39, 0.29) is 11.9 Å². The first-order valence-electron chi connectivity index (χ1n) is 7.70. The fourth-order valence-corrected chi connectivity index (χ4v) is 2.83. The highest BCUT2D eigenvalue weighted by Gasteiger charge is 2.10. The van der Waals surface area contributed by atoms with Crippen LogP contribution in [0.25, 0.3) is 0 Å². The molecule has 1 heterocycles. The molecule has 0 aliphatic rings. The number of halogens is 2. The average molecular weight is 345 g/mol. The van der Waals surface area contributed by atoms with Gasteiger partial charge in [0, 0.05) is 17.6 Å². The summed E-state index contributed by atoms with van der Waals surface area (Å²) >= 11 is 6.10. The van der Waals surface area contributed by atoms with Gasteiger partial charge in [-0.05, 0) is 35.7 Å². The third kappa shape index (κ3) is 4.19. The number of aromatic nitrogens is 3. The molecule has 1 N–H and O–H groups in total. The van der Waals surface area contributed by atoms with Gasteiger partial charge in [0.15, 0.2) is 0 Å². The van der Waals surface area contributed by atoms with Crippen molar-refractivity contribution in [3.8, 4) is 0 Å². The molecule has 4 nitrogen and oxygen atoms in total. The fraction of sp³-hybridized carbons (Fsp3) is 0.222. The Morgan fingerprint density at radius 3 is 2.58 bits per heavy atom. The van der Waals surface area contributed by atoms with Crippen molar-refractivity contribution in [1.29, 1.82) is 0 Å². The van der Waals surface area contributed by atoms with Crippen LogP contribution in [0.5, 0.6) is 0 Å². The van der Waals surface area contributed by atoms with E-state index in [0.717, 1.165) is 5.56 Å². The van der Waals surface area contributed by atoms with E-state index >= 15 is 0 Å². The van der Waals surface area contributed by atoms with Gasteiger partial charge in [0.25, 0.3) is 0 Å². The highest BCUT2D eigenvalue weighted by molar-refractivity contribution is 6.31. The predicted octanol–water partition coefficient (Wildman–Crippen LogP) is 3.97. The molecule has 1 aromatic heterocycles. The third-order valence-corrected chi connectivity index (χ3v) is 4.20. The van der Waals surface area contributed by atoms with Gasteiger partial charge in [0.1, 0.15) is 18.5 Å². The minimum Gasteiger partial charge on any atom is -0.306 e. The predicted molar refractivity (Wildman–Crippen MR) is 92.2 cm³/mol. The molecule has 0 radical (unpaired) electrons. The molecule has 6 heteroatoms. The lowest BCUT2D eigenvalue weighted by Crippen LogP contribution is -2.18. The highest BCUT2D eigenvalue weighted by Crippen LogP contribution is 2.23. The third-order valence-electron chi connectivity index (χ3n) is 3.88. The largest absolute Gasteiger partial charge is 0.306 e. The van der Waals surface area contributed by atoms with Crippen molar-refractivity contribution in [2.45, 2.75) is 26.1 Å². The van der Waals surface area contributed by atoms with E-state index in [9.17, 15) is 4.39 Å². The molecular formula is C18H18ClFN4. The van der Waals surface area contributed by atoms with Crippen LogP contribution in [0.15, 0.2) is 55.1 Å². The second-order valence-corrected chi connectivity index (χ2v) is 6.09. The second kappa shape index (κ2) is 7.55. The number of nitrogens with one attached hydrogen (secondary N) is 1. The summed E-state index contributed by atoms with van der Waals surface area (Å²) < 4.78 is 14.9. The van der Waals surface area contributed by atoms with E-state index in [4.69, 9.17) is 11.6 Å². The van der Waals surface area contributed by atoms with Crippen molar-refractivity contribution in [3.63, 3.8) is 0 Å². The van der Waals surface area contributed by atoms with Gasteiger partial charge in [-0.25, -0.2) is 14.1 Å². The molecule has 1 atom stereocenters. The molecule has 3 rings (SSSR count). The molecule has 0 bridgehead atoms. The van der Waals surface area contributed by atoms with Crippen LogP contribution in [0.1, 0.15) is 29.7 Å². The summed E-state index contributed by atoms with van der Waals surface area (Å²) in [7, 11) is 0. The van der Waals surface area contributed by atoms with E-state index in [1.54, 1.807) is 17.1 Å². The van der Waals surface area contributed by atoms with E-state index < -0.39 is 0 Å². The van der Waals surface area contributed by atoms with Gasteiger partial charge in [-0.2, -0.15) is 5.10 Å². The maximum atomic E-state index is 13.1. The lowest BCUT2D eigenvalue weighted by Gasteiger charge is -2.16. The van der Waals surface area contributed by atoms with Gasteiger partial charge in [0.05, 0.1) is 6.54 Å². The first-order chi connectivity index (χ1) is 11.6. The van der Waals surface area contributed by atoms with Crippen LogP contribution in [-0.2, 0) is 13.1 Å². The highest BCUT2D eigenvalue weighted by atomic mass is 35.5. The smallest absolute Gasteiger partial charge is 0.137 e. The summed E-state index contributed by atoms with van der Waals surface area (Å²) in [5, 5.41) is 7.94. The first-order valence-corrected chi connectivity index (χ1v) is 8.08. The molecular weight excluding hydrogens is 327 g/mol. The monoisotopic (exact) mass is 344 g/mol. The molecule has 2 aromatic carbocycles. The van der Waals surface area contributed by atoms with Crippen LogP contribution < -0.4 is 5.32 Å². The molecule has 124 valence electrons. The Balaban J connectivity index is 1.58. The fourth-order valence-electron chi connectivity index (χ4n) is 2.50. The Morgan fingerprint density at radius 1 is 1.17 bits per heavy atom. The number of hydrogen-bond donors (Lipinski definition) is 1. The topological polar surface area (TPSA) is 42.7 Å². The molecule has 0 spiro atoms. The Bertz CT molecular complexity index is 787. The minimum atomic E-state index is -0.320. The van der Waals surface area contributed by atoms with Crippen molar-refractivity contribution >= 4 is 11.6 Å². The van der Waals surface area contributed by atoms with Crippen LogP contribution in [0, 0.1) is 5.82 Å². The van der Waals surface area contributed by atoms with Gasteiger partial charge in [-0.1, -0.05) is 41.9 Å². The zero-order valence-corrected chi connectivity index (χ0v) is 14.0. The summed E-state index contributed by atoms with van der Waals surface area (Å²) in [6.45, 7) is 3.42. The quantitative estimate of drug-likeness (QED) is 0.735. The van der Waals surface area contributed by atoms with Gasteiger partial charge in [0.2, 0.25) is 0 Å². The average Bonchev–Trinajstić information content (AvgIpc) is 3.07. The van der Waals surface area contributed by atoms with Crippen molar-refractivity contribution in [2.24, 2.45) is 0 Å². The molecule has 0 saturated carbocycles. The second-order valence-electron chi connectivity index (χ2n) is 5.68. The SMILES string of the molecule is C[C@@H](NCc1ccc(Cn2cncn2)cc1)c1ccc(F)cc1Cl. The summed E-state index contributed by atoms with van der Waals surface area (Å²) in [6, 6.07) is 12.8. The van der Waals surface area contributed by atoms with E-state index in [1.807, 2.05) is 6.92 Å². The molecule has 0 aliphatic carbocycles. The van der Waals surface area contributed by atoms with Crippen LogP contribution in [0.3, 0.4) is 0 Å². The van der Waals surface area contributed by atoms with E-state index in [1.165, 1.54) is 29.6 Å². The van der Waals surface area contributed by atoms with Crippen molar-refractivity contribution < 1.29 is 4.39 Å². The summed E-state index contributed by atoms with van der Waals surface area (Å²) in [4.78, 5) is 3.93. The molecule has 0 amide bonds. The number of nitrogens with zero attached hydrogens (tertiary/aromatic N) is 3. The number of rotatable bonds is 6. The number of benzene rings is 2. The standard InChI is InChI=1S/C18H18ClFN4/c1-13(17-7-6-16(20)8-18(17)19)22-9-14-2-4-15(5-3-14)10-24-12-21-11-23-24/h2-8,11-13,22H,9-10H2,1H3/t13-/m1/s1. The normalized spacial score (nSPS) is 12.3. The lowest BCUT2D eigenvalue weighted by atomic mass is 10.1. The van der Waals surface area contributed by atoms with Crippen LogP contribution >= 0.6 is 11.6 Å². The maximum absolute atomic E-state index is 13.1. The molecule has 0 saturated heterocycles. The molecule has 0 unspecified atom stereocenters. The zero-order chi connectivity index (χ0) is 16.9. The molecule has 3 aromatic rings. The minimum absolute atomic E-state index is 0.0351. The Kier molecular flexibility index (Phi) is 5.23. The van der Waals surface area contributed by atoms with Gasteiger partial charge in [-0.3, -0.25) is 0 Å². The van der Waals surface area contributed by atoms with Gasteiger partial charge in [-0.15, -0.1) is 0 Å². The zero-order valence-electron chi connectivity index (χ0n) is 13.3. The van der Waals surface area contributed by atoms with E-state index in [2.05, 4.69) is 39.7 Å². The Labute approximate surface area is 145 Å². The number of hydrogen-bond acceptors (Lipinski definition) is 3. The van der Waals surface area contributed by atoms with Crippen LogP contribution in [-0.4, -0.2) is 14.8 Å². The van der Waals surface area contributed by atoms with E-state index in [0.29, 0.717) is 18.1 Å². The summed E-state index contributed by atoms with van der Waals surface area (Å²) in [5.74, 6) is -0.320. The summed E-state index contributed by atoms with van der Waals surface area (Å²) in [6.07, 6.45) is 3.23. The lowest BCUT2D eigenvalue weighted by molar-refractivity contribution is 0.571. The Hall–Kier alpha value is -2.24. The molecule has 0 aliphatic heterocycles. The summed E-state index contributed by atoms with van der Waals surface area (Å²) in [5.41, 5.74) is 3.22. The van der Waals surface area contributed by atoms with Gasteiger partial charge < -0.3 is 5.32 Å².